The molecule has 0 spiro atoms. The van der Waals surface area contributed by atoms with Gasteiger partial charge in [-0.1, -0.05) is 19.1 Å². The molecule has 100 valence electrons. The second-order valence-corrected chi connectivity index (χ2v) is 5.92. The van der Waals surface area contributed by atoms with E-state index in [9.17, 15) is 5.26 Å². The molecule has 20 heavy (non-hydrogen) atoms. The van der Waals surface area contributed by atoms with Gasteiger partial charge in [0.2, 0.25) is 0 Å². The van der Waals surface area contributed by atoms with Crippen molar-refractivity contribution in [1.82, 2.24) is 9.55 Å². The lowest BCUT2D eigenvalue weighted by atomic mass is 10.1. The number of hydrogen-bond donors (Lipinski definition) is 1. The average molecular weight is 299 g/mol. The van der Waals surface area contributed by atoms with Gasteiger partial charge in [-0.2, -0.15) is 5.26 Å². The number of imidazole rings is 1. The number of para-hydroxylation sites is 1. The van der Waals surface area contributed by atoms with Gasteiger partial charge < -0.3 is 9.55 Å². The smallest absolute Gasteiger partial charge is 0.178 e. The number of nitriles is 1. The van der Waals surface area contributed by atoms with E-state index in [0.29, 0.717) is 10.3 Å². The van der Waals surface area contributed by atoms with Crippen molar-refractivity contribution in [2.24, 2.45) is 0 Å². The number of nitrogens with one attached hydrogen (secondary N) is 1. The van der Waals surface area contributed by atoms with Crippen LogP contribution in [0, 0.1) is 16.1 Å². The van der Waals surface area contributed by atoms with Gasteiger partial charge in [-0.3, -0.25) is 0 Å². The van der Waals surface area contributed by atoms with Gasteiger partial charge in [0.15, 0.2) is 4.77 Å². The maximum atomic E-state index is 9.20. The molecule has 0 saturated heterocycles. The summed E-state index contributed by atoms with van der Waals surface area (Å²) in [7, 11) is 0. The average Bonchev–Trinajstić information content (AvgIpc) is 3.08. The number of aromatic amines is 1. The molecular formula is C15H13N3S2. The lowest BCUT2D eigenvalue weighted by Crippen LogP contribution is -2.08. The van der Waals surface area contributed by atoms with Gasteiger partial charge in [-0.25, -0.2) is 0 Å². The molecule has 0 fully saturated rings. The Bertz CT molecular complexity index is 834. The van der Waals surface area contributed by atoms with Crippen LogP contribution in [0.25, 0.3) is 11.0 Å². The van der Waals surface area contributed by atoms with Crippen molar-refractivity contribution in [2.75, 3.05) is 0 Å². The SMILES string of the molecule is CCC(c1cccs1)n1c(=S)[nH]c2c(C#N)cccc21. The summed E-state index contributed by atoms with van der Waals surface area (Å²) < 4.78 is 2.79. The van der Waals surface area contributed by atoms with Crippen LogP contribution in [0.4, 0.5) is 0 Å². The van der Waals surface area contributed by atoms with E-state index < -0.39 is 0 Å². The van der Waals surface area contributed by atoms with Crippen molar-refractivity contribution < 1.29 is 0 Å². The standard InChI is InChI=1S/C15H13N3S2/c1-2-11(13-7-4-8-20-13)18-12-6-3-5-10(9-16)14(12)17-15(18)19/h3-8,11H,2H2,1H3,(H,17,19). The molecule has 0 saturated carbocycles. The topological polar surface area (TPSA) is 44.5 Å². The summed E-state index contributed by atoms with van der Waals surface area (Å²) >= 11 is 7.21. The summed E-state index contributed by atoms with van der Waals surface area (Å²) in [5.41, 5.74) is 2.46. The molecule has 0 aliphatic rings. The number of aromatic nitrogens is 2. The number of nitrogens with zero attached hydrogens (tertiary/aromatic N) is 2. The zero-order valence-corrected chi connectivity index (χ0v) is 12.6. The highest BCUT2D eigenvalue weighted by molar-refractivity contribution is 7.71. The van der Waals surface area contributed by atoms with E-state index in [2.05, 4.69) is 40.1 Å². The Labute approximate surface area is 126 Å². The third-order valence-electron chi connectivity index (χ3n) is 3.44. The van der Waals surface area contributed by atoms with Crippen LogP contribution >= 0.6 is 23.6 Å². The lowest BCUT2D eigenvalue weighted by molar-refractivity contribution is 0.584. The molecule has 3 nitrogen and oxygen atoms in total. The monoisotopic (exact) mass is 299 g/mol. The van der Waals surface area contributed by atoms with Gasteiger partial charge in [-0.05, 0) is 42.2 Å². The first kappa shape index (κ1) is 13.1. The van der Waals surface area contributed by atoms with Gasteiger partial charge in [0.05, 0.1) is 22.6 Å². The summed E-state index contributed by atoms with van der Waals surface area (Å²) in [4.78, 5) is 4.47. The molecule has 5 heteroatoms. The molecule has 3 rings (SSSR count). The minimum absolute atomic E-state index is 0.213. The molecule has 0 bridgehead atoms. The van der Waals surface area contributed by atoms with Crippen LogP contribution in [-0.2, 0) is 0 Å². The second kappa shape index (κ2) is 5.23. The molecule has 2 heterocycles. The summed E-state index contributed by atoms with van der Waals surface area (Å²) in [5.74, 6) is 0. The molecule has 1 aromatic carbocycles. The van der Waals surface area contributed by atoms with Crippen LogP contribution in [0.5, 0.6) is 0 Å². The first-order valence-corrected chi connectivity index (χ1v) is 7.71. The predicted molar refractivity (Wildman–Crippen MR) is 84.6 cm³/mol. The first-order valence-electron chi connectivity index (χ1n) is 6.43. The molecule has 1 atom stereocenters. The van der Waals surface area contributed by atoms with Gasteiger partial charge >= 0.3 is 0 Å². The van der Waals surface area contributed by atoms with Crippen molar-refractivity contribution in [3.05, 3.63) is 50.9 Å². The molecule has 0 amide bonds. The summed E-state index contributed by atoms with van der Waals surface area (Å²) in [6, 6.07) is 12.3. The van der Waals surface area contributed by atoms with Crippen LogP contribution in [0.3, 0.4) is 0 Å². The highest BCUT2D eigenvalue weighted by Crippen LogP contribution is 2.30. The Morgan fingerprint density at radius 1 is 1.40 bits per heavy atom. The van der Waals surface area contributed by atoms with E-state index in [-0.39, 0.29) is 6.04 Å². The zero-order chi connectivity index (χ0) is 14.1. The van der Waals surface area contributed by atoms with Crippen molar-refractivity contribution in [3.63, 3.8) is 0 Å². The minimum atomic E-state index is 0.213. The fourth-order valence-electron chi connectivity index (χ4n) is 2.54. The van der Waals surface area contributed by atoms with Crippen molar-refractivity contribution in [2.45, 2.75) is 19.4 Å². The van der Waals surface area contributed by atoms with E-state index >= 15 is 0 Å². The third kappa shape index (κ3) is 1.98. The number of rotatable bonds is 3. The molecule has 1 unspecified atom stereocenters. The Balaban J connectivity index is 2.29. The molecule has 1 N–H and O–H groups in total. The molecule has 3 aromatic rings. The van der Waals surface area contributed by atoms with Gasteiger partial charge in [0.1, 0.15) is 6.07 Å². The van der Waals surface area contributed by atoms with E-state index in [1.54, 1.807) is 11.3 Å². The fraction of sp³-hybridized carbons (Fsp3) is 0.200. The predicted octanol–water partition coefficient (Wildman–Crippen LogP) is 4.63. The van der Waals surface area contributed by atoms with E-state index in [1.807, 2.05) is 18.2 Å². The molecular weight excluding hydrogens is 286 g/mol. The van der Waals surface area contributed by atoms with Crippen LogP contribution < -0.4 is 0 Å². The first-order chi connectivity index (χ1) is 9.76. The summed E-state index contributed by atoms with van der Waals surface area (Å²) in [6.07, 6.45) is 0.957. The van der Waals surface area contributed by atoms with Crippen molar-refractivity contribution in [1.29, 1.82) is 5.26 Å². The Morgan fingerprint density at radius 3 is 2.90 bits per heavy atom. The van der Waals surface area contributed by atoms with Crippen LogP contribution in [0.2, 0.25) is 0 Å². The Kier molecular flexibility index (Phi) is 3.43. The maximum Gasteiger partial charge on any atom is 0.178 e. The number of hydrogen-bond acceptors (Lipinski definition) is 3. The highest BCUT2D eigenvalue weighted by Gasteiger charge is 2.17. The van der Waals surface area contributed by atoms with E-state index in [1.165, 1.54) is 4.88 Å². The van der Waals surface area contributed by atoms with Crippen molar-refractivity contribution in [3.8, 4) is 6.07 Å². The Hall–Kier alpha value is -1.90. The normalized spacial score (nSPS) is 12.4. The number of thiophene rings is 1. The minimum Gasteiger partial charge on any atom is -0.329 e. The van der Waals surface area contributed by atoms with Crippen LogP contribution in [-0.4, -0.2) is 9.55 Å². The van der Waals surface area contributed by atoms with Gasteiger partial charge in [-0.15, -0.1) is 11.3 Å². The van der Waals surface area contributed by atoms with E-state index in [0.717, 1.165) is 17.5 Å². The summed E-state index contributed by atoms with van der Waals surface area (Å²) in [6.45, 7) is 2.15. The lowest BCUT2D eigenvalue weighted by Gasteiger charge is -2.16. The highest BCUT2D eigenvalue weighted by atomic mass is 32.1. The summed E-state index contributed by atoms with van der Waals surface area (Å²) in [5, 5.41) is 11.3. The number of H-pyrrole nitrogens is 1. The third-order valence-corrected chi connectivity index (χ3v) is 4.72. The molecule has 0 radical (unpaired) electrons. The molecule has 2 aromatic heterocycles. The fourth-order valence-corrected chi connectivity index (χ4v) is 3.77. The quantitative estimate of drug-likeness (QED) is 0.716. The number of fused-ring (bicyclic) bond motifs is 1. The zero-order valence-electron chi connectivity index (χ0n) is 11.0. The van der Waals surface area contributed by atoms with E-state index in [4.69, 9.17) is 12.2 Å². The van der Waals surface area contributed by atoms with Crippen LogP contribution in [0.1, 0.15) is 29.8 Å². The maximum absolute atomic E-state index is 9.20. The van der Waals surface area contributed by atoms with Crippen molar-refractivity contribution >= 4 is 34.6 Å². The molecule has 0 aliphatic carbocycles. The largest absolute Gasteiger partial charge is 0.329 e. The molecule has 0 aliphatic heterocycles. The van der Waals surface area contributed by atoms with Gasteiger partial charge in [0.25, 0.3) is 0 Å². The second-order valence-electron chi connectivity index (χ2n) is 4.55. The number of benzene rings is 1. The van der Waals surface area contributed by atoms with Crippen LogP contribution in [0.15, 0.2) is 35.7 Å². The Morgan fingerprint density at radius 2 is 2.25 bits per heavy atom. The van der Waals surface area contributed by atoms with Gasteiger partial charge in [0, 0.05) is 4.88 Å².